The van der Waals surface area contributed by atoms with Crippen LogP contribution in [0.2, 0.25) is 0 Å². The molecule has 0 saturated heterocycles. The fourth-order valence-electron chi connectivity index (χ4n) is 2.24. The van der Waals surface area contributed by atoms with Crippen LogP contribution in [0.5, 0.6) is 5.75 Å². The topological polar surface area (TPSA) is 21.3 Å². The van der Waals surface area contributed by atoms with Gasteiger partial charge in [0.1, 0.15) is 5.82 Å². The normalized spacial score (nSPS) is 12.2. The molecule has 0 aliphatic carbocycles. The largest absolute Gasteiger partial charge is 0.494 e. The molecule has 21 heavy (non-hydrogen) atoms. The van der Waals surface area contributed by atoms with Crippen molar-refractivity contribution in [2.75, 3.05) is 13.7 Å². The summed E-state index contributed by atoms with van der Waals surface area (Å²) in [6, 6.07) is 8.99. The first kappa shape index (κ1) is 15.9. The first-order valence-corrected chi connectivity index (χ1v) is 7.38. The maximum atomic E-state index is 14.5. The Morgan fingerprint density at radius 3 is 2.57 bits per heavy atom. The van der Waals surface area contributed by atoms with Crippen LogP contribution in [-0.2, 0) is 0 Å². The Kier molecular flexibility index (Phi) is 5.31. The first-order valence-electron chi connectivity index (χ1n) is 6.59. The van der Waals surface area contributed by atoms with Crippen LogP contribution >= 0.6 is 15.9 Å². The van der Waals surface area contributed by atoms with E-state index in [2.05, 4.69) is 21.2 Å². The average molecular weight is 356 g/mol. The Hall–Kier alpha value is -1.46. The maximum Gasteiger partial charge on any atom is 0.170 e. The molecule has 2 rings (SSSR count). The summed E-state index contributed by atoms with van der Waals surface area (Å²) in [5.41, 5.74) is 1.23. The van der Waals surface area contributed by atoms with Gasteiger partial charge in [-0.3, -0.25) is 0 Å². The third-order valence-corrected chi connectivity index (χ3v) is 3.89. The highest BCUT2D eigenvalue weighted by Gasteiger charge is 2.21. The molecule has 0 amide bonds. The summed E-state index contributed by atoms with van der Waals surface area (Å²) in [4.78, 5) is 0. The molecule has 0 aliphatic rings. The van der Waals surface area contributed by atoms with Gasteiger partial charge in [0.25, 0.3) is 0 Å². The lowest BCUT2D eigenvalue weighted by Crippen LogP contribution is -2.23. The van der Waals surface area contributed by atoms with Crippen molar-refractivity contribution in [3.63, 3.8) is 0 Å². The Bertz CT molecular complexity index is 634. The van der Waals surface area contributed by atoms with Gasteiger partial charge in [0, 0.05) is 10.0 Å². The second-order valence-electron chi connectivity index (χ2n) is 4.52. The third kappa shape index (κ3) is 3.41. The number of benzene rings is 2. The van der Waals surface area contributed by atoms with E-state index in [1.165, 1.54) is 19.2 Å². The van der Waals surface area contributed by atoms with Gasteiger partial charge in [-0.15, -0.1) is 0 Å². The van der Waals surface area contributed by atoms with E-state index in [9.17, 15) is 8.78 Å². The van der Waals surface area contributed by atoms with Gasteiger partial charge in [0.05, 0.1) is 13.2 Å². The molecule has 2 aromatic carbocycles. The molecular formula is C16H16BrF2NO. The van der Waals surface area contributed by atoms with Crippen molar-refractivity contribution >= 4 is 15.9 Å². The summed E-state index contributed by atoms with van der Waals surface area (Å²) in [5, 5.41) is 3.22. The highest BCUT2D eigenvalue weighted by Crippen LogP contribution is 2.33. The second-order valence-corrected chi connectivity index (χ2v) is 5.37. The Morgan fingerprint density at radius 2 is 1.95 bits per heavy atom. The van der Waals surface area contributed by atoms with Crippen LogP contribution in [0.4, 0.5) is 8.78 Å². The van der Waals surface area contributed by atoms with Crippen LogP contribution in [0.3, 0.4) is 0 Å². The number of methoxy groups -OCH3 is 1. The van der Waals surface area contributed by atoms with Gasteiger partial charge in [0.15, 0.2) is 11.6 Å². The van der Waals surface area contributed by atoms with Gasteiger partial charge in [-0.1, -0.05) is 41.1 Å². The smallest absolute Gasteiger partial charge is 0.170 e. The fraction of sp³-hybridized carbons (Fsp3) is 0.250. The molecule has 0 bridgehead atoms. The van der Waals surface area contributed by atoms with E-state index in [0.717, 1.165) is 5.56 Å². The molecule has 0 aliphatic heterocycles. The summed E-state index contributed by atoms with van der Waals surface area (Å²) >= 11 is 3.34. The predicted octanol–water partition coefficient (Wildman–Crippen LogP) is 4.43. The van der Waals surface area contributed by atoms with Crippen LogP contribution in [-0.4, -0.2) is 13.7 Å². The Balaban J connectivity index is 2.53. The zero-order valence-corrected chi connectivity index (χ0v) is 13.4. The van der Waals surface area contributed by atoms with Crippen molar-refractivity contribution in [3.05, 3.63) is 63.6 Å². The highest BCUT2D eigenvalue weighted by atomic mass is 79.9. The minimum atomic E-state index is -0.415. The van der Waals surface area contributed by atoms with Crippen molar-refractivity contribution < 1.29 is 13.5 Å². The van der Waals surface area contributed by atoms with Gasteiger partial charge in [-0.2, -0.15) is 0 Å². The van der Waals surface area contributed by atoms with Crippen molar-refractivity contribution in [2.45, 2.75) is 13.0 Å². The third-order valence-electron chi connectivity index (χ3n) is 3.21. The van der Waals surface area contributed by atoms with E-state index < -0.39 is 5.82 Å². The molecule has 0 radical (unpaired) electrons. The summed E-state index contributed by atoms with van der Waals surface area (Å²) in [7, 11) is 1.43. The van der Waals surface area contributed by atoms with E-state index in [-0.39, 0.29) is 17.6 Å². The molecule has 2 aromatic rings. The van der Waals surface area contributed by atoms with Gasteiger partial charge in [-0.25, -0.2) is 8.78 Å². The minimum absolute atomic E-state index is 0.189. The predicted molar refractivity (Wildman–Crippen MR) is 82.6 cm³/mol. The number of halogens is 3. The number of ether oxygens (including phenoxy) is 1. The molecule has 5 heteroatoms. The molecule has 0 fully saturated rings. The summed E-state index contributed by atoms with van der Waals surface area (Å²) < 4.78 is 33.4. The molecule has 0 saturated carbocycles. The highest BCUT2D eigenvalue weighted by molar-refractivity contribution is 9.10. The van der Waals surface area contributed by atoms with E-state index in [4.69, 9.17) is 4.74 Å². The SMILES string of the molecule is CCNC(c1ccc(F)cc1Br)c1cccc(OC)c1F. The number of rotatable bonds is 5. The molecule has 0 aromatic heterocycles. The molecule has 0 heterocycles. The van der Waals surface area contributed by atoms with E-state index in [0.29, 0.717) is 16.6 Å². The lowest BCUT2D eigenvalue weighted by molar-refractivity contribution is 0.381. The summed E-state index contributed by atoms with van der Waals surface area (Å²) in [6.45, 7) is 2.58. The number of hydrogen-bond acceptors (Lipinski definition) is 2. The van der Waals surface area contributed by atoms with Gasteiger partial charge < -0.3 is 10.1 Å². The number of hydrogen-bond donors (Lipinski definition) is 1. The van der Waals surface area contributed by atoms with E-state index >= 15 is 0 Å². The summed E-state index contributed by atoms with van der Waals surface area (Å²) in [6.07, 6.45) is 0. The van der Waals surface area contributed by atoms with Crippen LogP contribution < -0.4 is 10.1 Å². The Labute approximate surface area is 131 Å². The van der Waals surface area contributed by atoms with Crippen LogP contribution in [0.15, 0.2) is 40.9 Å². The molecule has 1 unspecified atom stereocenters. The maximum absolute atomic E-state index is 14.5. The molecule has 1 atom stereocenters. The molecule has 112 valence electrons. The monoisotopic (exact) mass is 355 g/mol. The fourth-order valence-corrected chi connectivity index (χ4v) is 2.82. The minimum Gasteiger partial charge on any atom is -0.494 e. The van der Waals surface area contributed by atoms with Crippen molar-refractivity contribution in [2.24, 2.45) is 0 Å². The molecule has 1 N–H and O–H groups in total. The van der Waals surface area contributed by atoms with Crippen LogP contribution in [0, 0.1) is 11.6 Å². The Morgan fingerprint density at radius 1 is 1.19 bits per heavy atom. The van der Waals surface area contributed by atoms with Gasteiger partial charge >= 0.3 is 0 Å². The molecule has 0 spiro atoms. The standard InChI is InChI=1S/C16H16BrF2NO/c1-3-20-16(11-8-7-10(18)9-13(11)17)12-5-4-6-14(21-2)15(12)19/h4-9,16,20H,3H2,1-2H3. The lowest BCUT2D eigenvalue weighted by Gasteiger charge is -2.21. The average Bonchev–Trinajstić information content (AvgIpc) is 2.46. The van der Waals surface area contributed by atoms with Crippen molar-refractivity contribution in [1.82, 2.24) is 5.32 Å². The number of nitrogens with one attached hydrogen (secondary N) is 1. The zero-order chi connectivity index (χ0) is 15.4. The van der Waals surface area contributed by atoms with Gasteiger partial charge in [0.2, 0.25) is 0 Å². The molecular weight excluding hydrogens is 340 g/mol. The van der Waals surface area contributed by atoms with Crippen LogP contribution in [0.25, 0.3) is 0 Å². The van der Waals surface area contributed by atoms with Crippen molar-refractivity contribution in [1.29, 1.82) is 0 Å². The van der Waals surface area contributed by atoms with E-state index in [1.807, 2.05) is 6.92 Å². The summed E-state index contributed by atoms with van der Waals surface area (Å²) in [5.74, 6) is -0.567. The molecule has 2 nitrogen and oxygen atoms in total. The lowest BCUT2D eigenvalue weighted by atomic mass is 9.97. The van der Waals surface area contributed by atoms with Gasteiger partial charge in [-0.05, 0) is 30.3 Å². The van der Waals surface area contributed by atoms with Crippen LogP contribution in [0.1, 0.15) is 24.1 Å². The zero-order valence-electron chi connectivity index (χ0n) is 11.8. The second kappa shape index (κ2) is 7.00. The van der Waals surface area contributed by atoms with Crippen molar-refractivity contribution in [3.8, 4) is 5.75 Å². The quantitative estimate of drug-likeness (QED) is 0.856. The van der Waals surface area contributed by atoms with E-state index in [1.54, 1.807) is 24.3 Å². The first-order chi connectivity index (χ1) is 10.1.